The van der Waals surface area contributed by atoms with Crippen LogP contribution in [-0.4, -0.2) is 12.2 Å². The molecule has 0 N–H and O–H groups in total. The van der Waals surface area contributed by atoms with Crippen LogP contribution in [0.4, 0.5) is 11.4 Å². The quantitative estimate of drug-likeness (QED) is 0.621. The van der Waals surface area contributed by atoms with Gasteiger partial charge in [-0.2, -0.15) is 0 Å². The lowest BCUT2D eigenvalue weighted by atomic mass is 10.0. The first-order valence-electron chi connectivity index (χ1n) is 5.86. The highest BCUT2D eigenvalue weighted by Gasteiger charge is 2.37. The number of fused-ring (bicyclic) bond motifs is 1. The molecule has 1 aliphatic heterocycles. The number of para-hydroxylation sites is 1. The minimum atomic E-state index is -0.727. The summed E-state index contributed by atoms with van der Waals surface area (Å²) >= 11 is 5.96. The van der Waals surface area contributed by atoms with E-state index in [2.05, 4.69) is 0 Å². The highest BCUT2D eigenvalue weighted by atomic mass is 35.5. The molecular weight excluding hydrogens is 262 g/mol. The Morgan fingerprint density at radius 3 is 2.63 bits per heavy atom. The fraction of sp³-hybridized carbons (Fsp3) is 0.0667. The van der Waals surface area contributed by atoms with Gasteiger partial charge in [-0.3, -0.25) is 9.69 Å². The summed E-state index contributed by atoms with van der Waals surface area (Å²) in [5.74, 6) is -0.964. The van der Waals surface area contributed by atoms with Gasteiger partial charge in [-0.15, -0.1) is 0 Å². The molecule has 19 heavy (non-hydrogen) atoms. The molecule has 1 amide bonds. The maximum atomic E-state index is 12.4. The molecule has 1 unspecified atom stereocenters. The van der Waals surface area contributed by atoms with E-state index < -0.39 is 5.92 Å². The average molecular weight is 272 g/mol. The molecule has 3 nitrogen and oxygen atoms in total. The summed E-state index contributed by atoms with van der Waals surface area (Å²) in [6, 6.07) is 14.3. The molecule has 1 heterocycles. The average Bonchev–Trinajstić information content (AvgIpc) is 2.70. The standard InChI is InChI=1S/C15H10ClNO2/c16-10-4-3-5-11(8-10)17-14-7-2-1-6-12(14)13(9-18)15(17)19/h1-9,13H. The second kappa shape index (κ2) is 4.52. The van der Waals surface area contributed by atoms with Gasteiger partial charge in [0.25, 0.3) is 0 Å². The van der Waals surface area contributed by atoms with Gasteiger partial charge in [-0.25, -0.2) is 0 Å². The van der Waals surface area contributed by atoms with Crippen LogP contribution in [0.25, 0.3) is 0 Å². The molecule has 0 aromatic heterocycles. The van der Waals surface area contributed by atoms with Crippen LogP contribution in [0, 0.1) is 0 Å². The zero-order valence-electron chi connectivity index (χ0n) is 9.92. The van der Waals surface area contributed by atoms with Crippen LogP contribution in [0.1, 0.15) is 11.5 Å². The third kappa shape index (κ3) is 1.83. The summed E-state index contributed by atoms with van der Waals surface area (Å²) in [6.45, 7) is 0. The van der Waals surface area contributed by atoms with Crippen LogP contribution >= 0.6 is 11.6 Å². The van der Waals surface area contributed by atoms with Crippen molar-refractivity contribution in [3.8, 4) is 0 Å². The number of carbonyl (C=O) groups excluding carboxylic acids is 2. The summed E-state index contributed by atoms with van der Waals surface area (Å²) in [6.07, 6.45) is 0.686. The van der Waals surface area contributed by atoms with Crippen molar-refractivity contribution in [3.63, 3.8) is 0 Å². The molecule has 1 aliphatic rings. The van der Waals surface area contributed by atoms with E-state index in [9.17, 15) is 9.59 Å². The molecule has 2 aromatic rings. The van der Waals surface area contributed by atoms with Crippen LogP contribution in [-0.2, 0) is 9.59 Å². The SMILES string of the molecule is O=CC1C(=O)N(c2cccc(Cl)c2)c2ccccc21. The highest BCUT2D eigenvalue weighted by molar-refractivity contribution is 6.31. The minimum Gasteiger partial charge on any atom is -0.302 e. The normalized spacial score (nSPS) is 17.4. The molecule has 0 radical (unpaired) electrons. The van der Waals surface area contributed by atoms with E-state index in [1.807, 2.05) is 18.2 Å². The Labute approximate surface area is 115 Å². The van der Waals surface area contributed by atoms with E-state index in [0.29, 0.717) is 17.0 Å². The van der Waals surface area contributed by atoms with Crippen LogP contribution in [0.15, 0.2) is 48.5 Å². The maximum Gasteiger partial charge on any atom is 0.246 e. The van der Waals surface area contributed by atoms with Gasteiger partial charge in [0.15, 0.2) is 0 Å². The lowest BCUT2D eigenvalue weighted by Crippen LogP contribution is -2.24. The van der Waals surface area contributed by atoms with Crippen molar-refractivity contribution in [1.29, 1.82) is 0 Å². The number of amides is 1. The Balaban J connectivity index is 2.17. The fourth-order valence-electron chi connectivity index (χ4n) is 2.36. The zero-order chi connectivity index (χ0) is 13.4. The first-order valence-corrected chi connectivity index (χ1v) is 6.24. The number of hydrogen-bond donors (Lipinski definition) is 0. The van der Waals surface area contributed by atoms with Gasteiger partial charge in [0, 0.05) is 5.02 Å². The van der Waals surface area contributed by atoms with E-state index in [1.54, 1.807) is 35.2 Å². The van der Waals surface area contributed by atoms with E-state index in [4.69, 9.17) is 11.6 Å². The van der Waals surface area contributed by atoms with Crippen molar-refractivity contribution >= 4 is 35.2 Å². The molecule has 4 heteroatoms. The lowest BCUT2D eigenvalue weighted by molar-refractivity contribution is -0.122. The Morgan fingerprint density at radius 1 is 1.11 bits per heavy atom. The van der Waals surface area contributed by atoms with Crippen molar-refractivity contribution in [2.75, 3.05) is 4.90 Å². The summed E-state index contributed by atoms with van der Waals surface area (Å²) in [4.78, 5) is 25.0. The number of carbonyl (C=O) groups is 2. The smallest absolute Gasteiger partial charge is 0.246 e. The van der Waals surface area contributed by atoms with Gasteiger partial charge in [-0.1, -0.05) is 35.9 Å². The molecule has 2 aromatic carbocycles. The Hall–Kier alpha value is -2.13. The second-order valence-corrected chi connectivity index (χ2v) is 4.76. The largest absolute Gasteiger partial charge is 0.302 e. The molecule has 0 saturated carbocycles. The molecule has 0 aliphatic carbocycles. The Kier molecular flexibility index (Phi) is 2.84. The first kappa shape index (κ1) is 11.9. The molecule has 0 bridgehead atoms. The lowest BCUT2D eigenvalue weighted by Gasteiger charge is -2.17. The first-order chi connectivity index (χ1) is 9.22. The number of aldehydes is 1. The number of benzene rings is 2. The predicted molar refractivity (Wildman–Crippen MR) is 73.8 cm³/mol. The van der Waals surface area contributed by atoms with Crippen molar-refractivity contribution in [2.45, 2.75) is 5.92 Å². The van der Waals surface area contributed by atoms with Gasteiger partial charge < -0.3 is 4.79 Å². The topological polar surface area (TPSA) is 37.4 Å². The Bertz CT molecular complexity index is 669. The van der Waals surface area contributed by atoms with E-state index in [-0.39, 0.29) is 5.91 Å². The number of rotatable bonds is 2. The van der Waals surface area contributed by atoms with Crippen molar-refractivity contribution in [2.24, 2.45) is 0 Å². The second-order valence-electron chi connectivity index (χ2n) is 4.33. The van der Waals surface area contributed by atoms with Crippen LogP contribution in [0.3, 0.4) is 0 Å². The van der Waals surface area contributed by atoms with Crippen molar-refractivity contribution in [1.82, 2.24) is 0 Å². The van der Waals surface area contributed by atoms with Crippen LogP contribution in [0.5, 0.6) is 0 Å². The molecule has 94 valence electrons. The molecule has 1 atom stereocenters. The van der Waals surface area contributed by atoms with Crippen molar-refractivity contribution in [3.05, 3.63) is 59.1 Å². The minimum absolute atomic E-state index is 0.238. The number of nitrogens with zero attached hydrogens (tertiary/aromatic N) is 1. The monoisotopic (exact) mass is 271 g/mol. The molecule has 0 saturated heterocycles. The summed E-state index contributed by atoms with van der Waals surface area (Å²) in [5.41, 5.74) is 2.16. The zero-order valence-corrected chi connectivity index (χ0v) is 10.7. The van der Waals surface area contributed by atoms with Crippen LogP contribution < -0.4 is 4.90 Å². The van der Waals surface area contributed by atoms with E-state index >= 15 is 0 Å². The summed E-state index contributed by atoms with van der Waals surface area (Å²) < 4.78 is 0. The number of halogens is 1. The molecular formula is C15H10ClNO2. The highest BCUT2D eigenvalue weighted by Crippen LogP contribution is 2.41. The third-order valence-electron chi connectivity index (χ3n) is 3.20. The number of hydrogen-bond acceptors (Lipinski definition) is 2. The van der Waals surface area contributed by atoms with Gasteiger partial charge in [0.05, 0.1) is 11.4 Å². The van der Waals surface area contributed by atoms with Crippen molar-refractivity contribution < 1.29 is 9.59 Å². The van der Waals surface area contributed by atoms with Gasteiger partial charge in [0.1, 0.15) is 12.2 Å². The molecule has 0 spiro atoms. The summed E-state index contributed by atoms with van der Waals surface area (Å²) in [7, 11) is 0. The van der Waals surface area contributed by atoms with Gasteiger partial charge >= 0.3 is 0 Å². The Morgan fingerprint density at radius 2 is 1.89 bits per heavy atom. The summed E-state index contributed by atoms with van der Waals surface area (Å²) in [5, 5.41) is 0.553. The molecule has 3 rings (SSSR count). The van der Waals surface area contributed by atoms with Gasteiger partial charge in [0.2, 0.25) is 5.91 Å². The third-order valence-corrected chi connectivity index (χ3v) is 3.44. The predicted octanol–water partition coefficient (Wildman–Crippen LogP) is 3.30. The van der Waals surface area contributed by atoms with E-state index in [0.717, 1.165) is 11.3 Å². The van der Waals surface area contributed by atoms with E-state index in [1.165, 1.54) is 0 Å². The fourth-order valence-corrected chi connectivity index (χ4v) is 2.54. The van der Waals surface area contributed by atoms with Gasteiger partial charge in [-0.05, 0) is 29.8 Å². The molecule has 0 fully saturated rings. The maximum absolute atomic E-state index is 12.4. The van der Waals surface area contributed by atoms with Crippen LogP contribution in [0.2, 0.25) is 5.02 Å². The number of anilines is 2.